The van der Waals surface area contributed by atoms with E-state index in [2.05, 4.69) is 59.3 Å². The van der Waals surface area contributed by atoms with Crippen LogP contribution in [0.25, 0.3) is 33.3 Å². The first-order valence-electron chi connectivity index (χ1n) is 11.3. The lowest BCUT2D eigenvalue weighted by Crippen LogP contribution is -2.43. The number of hydrogen-bond acceptors (Lipinski definition) is 4. The second kappa shape index (κ2) is 8.12. The molecule has 0 spiro atoms. The van der Waals surface area contributed by atoms with Gasteiger partial charge in [0, 0.05) is 28.2 Å². The SMILES string of the molecule is CC(C)(O)C#Cc1nccc2nc(-c3ccc(C4(N)CCC4)cc3)c(-c3ccccc3)cc12. The van der Waals surface area contributed by atoms with Crippen molar-refractivity contribution in [1.82, 2.24) is 9.97 Å². The zero-order valence-electron chi connectivity index (χ0n) is 19.0. The molecule has 0 aliphatic heterocycles. The number of pyridine rings is 2. The first-order chi connectivity index (χ1) is 15.8. The molecule has 2 aromatic heterocycles. The van der Waals surface area contributed by atoms with Crippen molar-refractivity contribution >= 4 is 10.9 Å². The van der Waals surface area contributed by atoms with Crippen LogP contribution in [0.3, 0.4) is 0 Å². The standard InChI is InChI=1S/C29H27N3O/c1-28(2,33)17-13-25-24-19-23(20-7-4-3-5-8-20)27(32-26(24)14-18-31-25)21-9-11-22(12-10-21)29(30)15-6-16-29/h3-5,7-12,14,18-19,33H,6,15-16,30H2,1-2H3. The Bertz CT molecular complexity index is 1370. The van der Waals surface area contributed by atoms with Crippen molar-refractivity contribution in [3.05, 3.63) is 84.2 Å². The molecule has 5 rings (SSSR count). The van der Waals surface area contributed by atoms with E-state index in [0.29, 0.717) is 5.69 Å². The monoisotopic (exact) mass is 433 g/mol. The molecule has 4 heteroatoms. The van der Waals surface area contributed by atoms with E-state index in [1.165, 1.54) is 12.0 Å². The molecule has 1 aliphatic rings. The molecular weight excluding hydrogens is 406 g/mol. The molecule has 2 aromatic carbocycles. The maximum atomic E-state index is 10.1. The molecule has 0 bridgehead atoms. The molecule has 4 aromatic rings. The highest BCUT2D eigenvalue weighted by Gasteiger charge is 2.34. The molecule has 0 atom stereocenters. The fourth-order valence-electron chi connectivity index (χ4n) is 4.27. The van der Waals surface area contributed by atoms with Crippen molar-refractivity contribution in [2.45, 2.75) is 44.2 Å². The molecule has 33 heavy (non-hydrogen) atoms. The summed E-state index contributed by atoms with van der Waals surface area (Å²) < 4.78 is 0. The maximum absolute atomic E-state index is 10.1. The molecule has 1 saturated carbocycles. The summed E-state index contributed by atoms with van der Waals surface area (Å²) in [4.78, 5) is 9.51. The average Bonchev–Trinajstić information content (AvgIpc) is 2.80. The second-order valence-corrected chi connectivity index (χ2v) is 9.37. The van der Waals surface area contributed by atoms with Gasteiger partial charge in [-0.25, -0.2) is 9.97 Å². The van der Waals surface area contributed by atoms with Crippen LogP contribution in [0.15, 0.2) is 72.9 Å². The molecule has 4 nitrogen and oxygen atoms in total. The zero-order chi connectivity index (χ0) is 23.1. The van der Waals surface area contributed by atoms with E-state index in [9.17, 15) is 5.11 Å². The fraction of sp³-hybridized carbons (Fsp3) is 0.241. The molecule has 1 aliphatic carbocycles. The first-order valence-corrected chi connectivity index (χ1v) is 11.3. The van der Waals surface area contributed by atoms with Gasteiger partial charge in [0.1, 0.15) is 11.3 Å². The van der Waals surface area contributed by atoms with Crippen LogP contribution in [0.4, 0.5) is 0 Å². The summed E-state index contributed by atoms with van der Waals surface area (Å²) in [6.45, 7) is 3.32. The zero-order valence-corrected chi connectivity index (χ0v) is 19.0. The summed E-state index contributed by atoms with van der Waals surface area (Å²) in [5.41, 5.74) is 11.9. The maximum Gasteiger partial charge on any atom is 0.122 e. The molecule has 0 radical (unpaired) electrons. The van der Waals surface area contributed by atoms with Crippen LogP contribution in [0.5, 0.6) is 0 Å². The Morgan fingerprint density at radius 1 is 0.970 bits per heavy atom. The number of hydrogen-bond donors (Lipinski definition) is 2. The van der Waals surface area contributed by atoms with Gasteiger partial charge in [0.2, 0.25) is 0 Å². The number of fused-ring (bicyclic) bond motifs is 1. The van der Waals surface area contributed by atoms with Crippen LogP contribution < -0.4 is 5.73 Å². The first kappa shape index (κ1) is 21.3. The van der Waals surface area contributed by atoms with Crippen LogP contribution in [0.2, 0.25) is 0 Å². The minimum absolute atomic E-state index is 0.183. The van der Waals surface area contributed by atoms with E-state index in [1.54, 1.807) is 20.0 Å². The van der Waals surface area contributed by atoms with Crippen LogP contribution in [-0.4, -0.2) is 20.7 Å². The highest BCUT2D eigenvalue weighted by atomic mass is 16.3. The van der Waals surface area contributed by atoms with Gasteiger partial charge in [-0.1, -0.05) is 60.5 Å². The van der Waals surface area contributed by atoms with E-state index in [4.69, 9.17) is 10.7 Å². The highest BCUT2D eigenvalue weighted by molar-refractivity contribution is 5.93. The van der Waals surface area contributed by atoms with Gasteiger partial charge in [-0.2, -0.15) is 0 Å². The van der Waals surface area contributed by atoms with E-state index < -0.39 is 5.60 Å². The van der Waals surface area contributed by atoms with Crippen molar-refractivity contribution in [2.24, 2.45) is 5.73 Å². The van der Waals surface area contributed by atoms with Gasteiger partial charge >= 0.3 is 0 Å². The quantitative estimate of drug-likeness (QED) is 0.423. The molecule has 0 unspecified atom stereocenters. The summed E-state index contributed by atoms with van der Waals surface area (Å²) in [5, 5.41) is 10.9. The van der Waals surface area contributed by atoms with Gasteiger partial charge in [0.25, 0.3) is 0 Å². The molecule has 3 N–H and O–H groups in total. The third kappa shape index (κ3) is 4.26. The van der Waals surface area contributed by atoms with E-state index in [-0.39, 0.29) is 5.54 Å². The topological polar surface area (TPSA) is 72.0 Å². The second-order valence-electron chi connectivity index (χ2n) is 9.37. The van der Waals surface area contributed by atoms with Gasteiger partial charge in [0.05, 0.1) is 11.2 Å². The molecule has 0 amide bonds. The Balaban J connectivity index is 1.69. The average molecular weight is 434 g/mol. The number of nitrogens with zero attached hydrogens (tertiary/aromatic N) is 2. The largest absolute Gasteiger partial charge is 0.378 e. The number of aromatic nitrogens is 2. The summed E-state index contributed by atoms with van der Waals surface area (Å²) in [5.74, 6) is 5.91. The fourth-order valence-corrected chi connectivity index (χ4v) is 4.27. The molecular formula is C29H27N3O. The predicted molar refractivity (Wildman–Crippen MR) is 133 cm³/mol. The van der Waals surface area contributed by atoms with Gasteiger partial charge in [-0.3, -0.25) is 0 Å². The lowest BCUT2D eigenvalue weighted by atomic mass is 9.72. The van der Waals surface area contributed by atoms with E-state index in [0.717, 1.165) is 46.1 Å². The van der Waals surface area contributed by atoms with Crippen molar-refractivity contribution in [3.63, 3.8) is 0 Å². The smallest absolute Gasteiger partial charge is 0.122 e. The van der Waals surface area contributed by atoms with Gasteiger partial charge in [-0.05, 0) is 62.3 Å². The van der Waals surface area contributed by atoms with Gasteiger partial charge in [-0.15, -0.1) is 0 Å². The predicted octanol–water partition coefficient (Wildman–Crippen LogP) is 5.42. The Kier molecular flexibility index (Phi) is 5.25. The molecule has 1 fully saturated rings. The van der Waals surface area contributed by atoms with Crippen molar-refractivity contribution in [1.29, 1.82) is 0 Å². The van der Waals surface area contributed by atoms with E-state index in [1.807, 2.05) is 24.3 Å². The summed E-state index contributed by atoms with van der Waals surface area (Å²) in [6.07, 6.45) is 4.98. The lowest BCUT2D eigenvalue weighted by Gasteiger charge is -2.38. The Hall–Kier alpha value is -3.52. The van der Waals surface area contributed by atoms with Gasteiger partial charge < -0.3 is 10.8 Å². The molecule has 2 heterocycles. The number of aliphatic hydroxyl groups is 1. The lowest BCUT2D eigenvalue weighted by molar-refractivity contribution is 0.143. The summed E-state index contributed by atoms with van der Waals surface area (Å²) in [6, 6.07) is 22.8. The van der Waals surface area contributed by atoms with Crippen LogP contribution >= 0.6 is 0 Å². The Morgan fingerprint density at radius 3 is 2.33 bits per heavy atom. The Labute approximate surface area is 194 Å². The highest BCUT2D eigenvalue weighted by Crippen LogP contribution is 2.40. The van der Waals surface area contributed by atoms with Crippen LogP contribution in [0, 0.1) is 11.8 Å². The van der Waals surface area contributed by atoms with Crippen LogP contribution in [-0.2, 0) is 5.54 Å². The van der Waals surface area contributed by atoms with Crippen LogP contribution in [0.1, 0.15) is 44.4 Å². The third-order valence-corrected chi connectivity index (χ3v) is 6.29. The van der Waals surface area contributed by atoms with Crippen molar-refractivity contribution < 1.29 is 5.11 Å². The summed E-state index contributed by atoms with van der Waals surface area (Å²) >= 11 is 0. The normalized spacial score (nSPS) is 14.9. The Morgan fingerprint density at radius 2 is 1.70 bits per heavy atom. The summed E-state index contributed by atoms with van der Waals surface area (Å²) in [7, 11) is 0. The molecule has 0 saturated heterocycles. The third-order valence-electron chi connectivity index (χ3n) is 6.29. The van der Waals surface area contributed by atoms with E-state index >= 15 is 0 Å². The minimum Gasteiger partial charge on any atom is -0.378 e. The molecule has 164 valence electrons. The number of rotatable bonds is 3. The number of benzene rings is 2. The van der Waals surface area contributed by atoms with Crippen molar-refractivity contribution in [2.75, 3.05) is 0 Å². The number of nitrogens with two attached hydrogens (primary N) is 1. The van der Waals surface area contributed by atoms with Crippen molar-refractivity contribution in [3.8, 4) is 34.2 Å². The minimum atomic E-state index is -1.10. The van der Waals surface area contributed by atoms with Gasteiger partial charge in [0.15, 0.2) is 0 Å².